The van der Waals surface area contributed by atoms with E-state index in [4.69, 9.17) is 0 Å². The predicted molar refractivity (Wildman–Crippen MR) is 82.8 cm³/mol. The molecule has 0 spiro atoms. The van der Waals surface area contributed by atoms with Gasteiger partial charge in [0.15, 0.2) is 0 Å². The molecule has 20 heavy (non-hydrogen) atoms. The van der Waals surface area contributed by atoms with Crippen LogP contribution >= 0.6 is 15.9 Å². The highest BCUT2D eigenvalue weighted by Gasteiger charge is 2.06. The van der Waals surface area contributed by atoms with Gasteiger partial charge in [0.1, 0.15) is 0 Å². The summed E-state index contributed by atoms with van der Waals surface area (Å²) >= 11 is 3.18. The quantitative estimate of drug-likeness (QED) is 0.934. The Morgan fingerprint density at radius 1 is 1.30 bits per heavy atom. The molecule has 104 valence electrons. The lowest BCUT2D eigenvalue weighted by Crippen LogP contribution is -2.19. The van der Waals surface area contributed by atoms with Gasteiger partial charge in [0, 0.05) is 19.7 Å². The van der Waals surface area contributed by atoms with Gasteiger partial charge in [0.05, 0.1) is 10.2 Å². The maximum Gasteiger partial charge on any atom is 0.264 e. The third-order valence-corrected chi connectivity index (χ3v) is 3.48. The van der Waals surface area contributed by atoms with Gasteiger partial charge in [0.25, 0.3) is 5.56 Å². The fourth-order valence-corrected chi connectivity index (χ4v) is 2.39. The molecule has 1 amide bonds. The Labute approximate surface area is 125 Å². The van der Waals surface area contributed by atoms with E-state index in [0.717, 1.165) is 5.56 Å². The second-order valence-corrected chi connectivity index (χ2v) is 5.38. The molecule has 0 saturated carbocycles. The summed E-state index contributed by atoms with van der Waals surface area (Å²) in [6.07, 6.45) is 2.71. The van der Waals surface area contributed by atoms with Crippen LogP contribution in [-0.4, -0.2) is 10.5 Å². The zero-order valence-electron chi connectivity index (χ0n) is 11.1. The van der Waals surface area contributed by atoms with Crippen LogP contribution in [0.2, 0.25) is 0 Å². The summed E-state index contributed by atoms with van der Waals surface area (Å²) in [7, 11) is 1.65. The molecular weight excluding hydrogens is 320 g/mol. The van der Waals surface area contributed by atoms with Gasteiger partial charge >= 0.3 is 0 Å². The minimum atomic E-state index is -0.132. The second-order valence-electron chi connectivity index (χ2n) is 4.53. The Balaban J connectivity index is 1.97. The van der Waals surface area contributed by atoms with Gasteiger partial charge in [-0.2, -0.15) is 0 Å². The molecule has 0 aliphatic heterocycles. The van der Waals surface area contributed by atoms with Crippen LogP contribution in [0.3, 0.4) is 0 Å². The Morgan fingerprint density at radius 3 is 2.65 bits per heavy atom. The Morgan fingerprint density at radius 2 is 2.00 bits per heavy atom. The smallest absolute Gasteiger partial charge is 0.264 e. The number of anilines is 1. The summed E-state index contributed by atoms with van der Waals surface area (Å²) < 4.78 is 1.86. The monoisotopic (exact) mass is 334 g/mol. The van der Waals surface area contributed by atoms with E-state index >= 15 is 0 Å². The summed E-state index contributed by atoms with van der Waals surface area (Å²) in [5.74, 6) is -0.0700. The number of amides is 1. The lowest BCUT2D eigenvalue weighted by Gasteiger charge is -2.07. The van der Waals surface area contributed by atoms with E-state index in [2.05, 4.69) is 21.2 Å². The zero-order chi connectivity index (χ0) is 14.5. The average Bonchev–Trinajstić information content (AvgIpc) is 2.43. The standard InChI is InChI=1S/C15H15BrN2O2/c1-18-10-12(9-13(16)15(18)20)17-14(19)8-7-11-5-3-2-4-6-11/h2-6,9-10H,7-8H2,1H3,(H,17,19). The van der Waals surface area contributed by atoms with Crippen molar-refractivity contribution in [3.63, 3.8) is 0 Å². The van der Waals surface area contributed by atoms with Crippen LogP contribution in [0.4, 0.5) is 5.69 Å². The molecule has 1 N–H and O–H groups in total. The highest BCUT2D eigenvalue weighted by Crippen LogP contribution is 2.12. The van der Waals surface area contributed by atoms with Gasteiger partial charge in [-0.25, -0.2) is 0 Å². The fourth-order valence-electron chi connectivity index (χ4n) is 1.87. The topological polar surface area (TPSA) is 51.1 Å². The first-order valence-corrected chi connectivity index (χ1v) is 7.05. The number of nitrogens with zero attached hydrogens (tertiary/aromatic N) is 1. The lowest BCUT2D eigenvalue weighted by atomic mass is 10.1. The van der Waals surface area contributed by atoms with E-state index in [9.17, 15) is 9.59 Å². The molecule has 0 bridgehead atoms. The number of carbonyl (C=O) groups excluding carboxylic acids is 1. The van der Waals surface area contributed by atoms with Crippen molar-refractivity contribution in [1.29, 1.82) is 0 Å². The third-order valence-electron chi connectivity index (χ3n) is 2.91. The molecule has 0 fully saturated rings. The van der Waals surface area contributed by atoms with E-state index in [0.29, 0.717) is 23.0 Å². The van der Waals surface area contributed by atoms with Crippen molar-refractivity contribution in [2.45, 2.75) is 12.8 Å². The van der Waals surface area contributed by atoms with Crippen LogP contribution < -0.4 is 10.9 Å². The normalized spacial score (nSPS) is 10.3. The van der Waals surface area contributed by atoms with Crippen LogP contribution in [0.1, 0.15) is 12.0 Å². The predicted octanol–water partition coefficient (Wildman–Crippen LogP) is 2.72. The van der Waals surface area contributed by atoms with E-state index < -0.39 is 0 Å². The number of benzene rings is 1. The van der Waals surface area contributed by atoms with Gasteiger partial charge in [0.2, 0.25) is 5.91 Å². The van der Waals surface area contributed by atoms with Gasteiger partial charge < -0.3 is 9.88 Å². The maximum absolute atomic E-state index is 11.9. The summed E-state index contributed by atoms with van der Waals surface area (Å²) in [5, 5.41) is 2.79. The van der Waals surface area contributed by atoms with Crippen molar-refractivity contribution < 1.29 is 4.79 Å². The number of hydrogen-bond donors (Lipinski definition) is 1. The summed E-state index contributed by atoms with van der Waals surface area (Å²) in [6.45, 7) is 0. The fraction of sp³-hybridized carbons (Fsp3) is 0.200. The van der Waals surface area contributed by atoms with Crippen molar-refractivity contribution >= 4 is 27.5 Å². The Bertz CT molecular complexity index is 639. The molecule has 5 heteroatoms. The number of carbonyl (C=O) groups is 1. The molecule has 0 aliphatic carbocycles. The number of aromatic nitrogens is 1. The highest BCUT2D eigenvalue weighted by molar-refractivity contribution is 9.10. The van der Waals surface area contributed by atoms with Crippen molar-refractivity contribution in [1.82, 2.24) is 4.57 Å². The SMILES string of the molecule is Cn1cc(NC(=O)CCc2ccccc2)cc(Br)c1=O. The van der Waals surface area contributed by atoms with Gasteiger partial charge in [-0.1, -0.05) is 30.3 Å². The average molecular weight is 335 g/mol. The molecule has 2 rings (SSSR count). The van der Waals surface area contributed by atoms with E-state index in [1.807, 2.05) is 30.3 Å². The first-order valence-electron chi connectivity index (χ1n) is 6.26. The lowest BCUT2D eigenvalue weighted by molar-refractivity contribution is -0.116. The highest BCUT2D eigenvalue weighted by atomic mass is 79.9. The number of nitrogens with one attached hydrogen (secondary N) is 1. The van der Waals surface area contributed by atoms with Crippen molar-refractivity contribution in [2.75, 3.05) is 5.32 Å². The second kappa shape index (κ2) is 6.52. The molecule has 0 saturated heterocycles. The zero-order valence-corrected chi connectivity index (χ0v) is 12.7. The summed E-state index contributed by atoms with van der Waals surface area (Å²) in [6, 6.07) is 11.5. The number of halogens is 1. The minimum Gasteiger partial charge on any atom is -0.325 e. The number of hydrogen-bond acceptors (Lipinski definition) is 2. The number of aryl methyl sites for hydroxylation is 2. The summed E-state index contributed by atoms with van der Waals surface area (Å²) in [5.41, 5.74) is 1.61. The first-order chi connectivity index (χ1) is 9.56. The minimum absolute atomic E-state index is 0.0700. The molecule has 1 heterocycles. The number of rotatable bonds is 4. The summed E-state index contributed by atoms with van der Waals surface area (Å²) in [4.78, 5) is 23.4. The largest absolute Gasteiger partial charge is 0.325 e. The van der Waals surface area contributed by atoms with Crippen LogP contribution in [0.25, 0.3) is 0 Å². The van der Waals surface area contributed by atoms with E-state index in [-0.39, 0.29) is 11.5 Å². The van der Waals surface area contributed by atoms with E-state index in [1.54, 1.807) is 19.3 Å². The van der Waals surface area contributed by atoms with Crippen LogP contribution in [0.5, 0.6) is 0 Å². The van der Waals surface area contributed by atoms with Crippen LogP contribution in [-0.2, 0) is 18.3 Å². The van der Waals surface area contributed by atoms with Crippen LogP contribution in [0.15, 0.2) is 51.9 Å². The molecule has 4 nitrogen and oxygen atoms in total. The molecule has 0 unspecified atom stereocenters. The third kappa shape index (κ3) is 3.81. The molecule has 0 atom stereocenters. The first kappa shape index (κ1) is 14.5. The Kier molecular flexibility index (Phi) is 4.74. The van der Waals surface area contributed by atoms with Crippen LogP contribution in [0, 0.1) is 0 Å². The van der Waals surface area contributed by atoms with Crippen molar-refractivity contribution in [3.05, 3.63) is 63.0 Å². The molecule has 2 aromatic rings. The maximum atomic E-state index is 11.9. The van der Waals surface area contributed by atoms with Gasteiger partial charge in [-0.15, -0.1) is 0 Å². The molecule has 1 aromatic heterocycles. The molecular formula is C15H15BrN2O2. The van der Waals surface area contributed by atoms with Gasteiger partial charge in [-0.3, -0.25) is 9.59 Å². The number of pyridine rings is 1. The van der Waals surface area contributed by atoms with Gasteiger partial charge in [-0.05, 0) is 34.0 Å². The Hall–Kier alpha value is -1.88. The van der Waals surface area contributed by atoms with Crippen molar-refractivity contribution in [2.24, 2.45) is 7.05 Å². The molecule has 0 radical (unpaired) electrons. The molecule has 0 aliphatic rings. The van der Waals surface area contributed by atoms with Crippen molar-refractivity contribution in [3.8, 4) is 0 Å². The molecule has 1 aromatic carbocycles. The van der Waals surface area contributed by atoms with E-state index in [1.165, 1.54) is 4.57 Å².